The molecule has 0 saturated heterocycles. The first-order valence-corrected chi connectivity index (χ1v) is 21.3. The fourth-order valence-electron chi connectivity index (χ4n) is 8.75. The summed E-state index contributed by atoms with van der Waals surface area (Å²) in [6.07, 6.45) is 0. The Balaban J connectivity index is 1.09. The molecule has 11 rings (SSSR count). The smallest absolute Gasteiger partial charge is 0.0640 e. The van der Waals surface area contributed by atoms with Gasteiger partial charge in [0.2, 0.25) is 0 Å². The molecule has 0 unspecified atom stereocenters. The van der Waals surface area contributed by atoms with Gasteiger partial charge in [-0.2, -0.15) is 0 Å². The van der Waals surface area contributed by atoms with Gasteiger partial charge in [0.1, 0.15) is 0 Å². The monoisotopic (exact) mass is 781 g/mol. The molecule has 1 heterocycles. The fourth-order valence-corrected chi connectivity index (χ4v) is 10.1. The molecular formula is C58H39NS. The molecule has 0 amide bonds. The summed E-state index contributed by atoms with van der Waals surface area (Å²) >= 11 is 1.90. The lowest BCUT2D eigenvalue weighted by atomic mass is 9.94. The number of thiophene rings is 1. The average molecular weight is 782 g/mol. The zero-order valence-corrected chi connectivity index (χ0v) is 33.7. The van der Waals surface area contributed by atoms with Crippen LogP contribution in [0.3, 0.4) is 0 Å². The van der Waals surface area contributed by atoms with Gasteiger partial charge in [0.25, 0.3) is 0 Å². The highest BCUT2D eigenvalue weighted by atomic mass is 32.1. The van der Waals surface area contributed by atoms with E-state index in [9.17, 15) is 0 Å². The van der Waals surface area contributed by atoms with E-state index in [4.69, 9.17) is 0 Å². The topological polar surface area (TPSA) is 3.24 Å². The van der Waals surface area contributed by atoms with E-state index in [1.165, 1.54) is 86.6 Å². The summed E-state index contributed by atoms with van der Waals surface area (Å²) in [6, 6.07) is 86.0. The van der Waals surface area contributed by atoms with Crippen LogP contribution in [0.25, 0.3) is 86.6 Å². The van der Waals surface area contributed by atoms with Crippen molar-refractivity contribution in [2.45, 2.75) is 0 Å². The number of benzene rings is 10. The van der Waals surface area contributed by atoms with Crippen LogP contribution < -0.4 is 4.90 Å². The maximum atomic E-state index is 2.44. The second-order valence-electron chi connectivity index (χ2n) is 15.3. The zero-order valence-electron chi connectivity index (χ0n) is 32.9. The summed E-state index contributed by atoms with van der Waals surface area (Å²) in [4.78, 5) is 2.44. The van der Waals surface area contributed by atoms with Crippen molar-refractivity contribution in [3.8, 4) is 55.6 Å². The highest BCUT2D eigenvalue weighted by Crippen LogP contribution is 2.50. The molecule has 60 heavy (non-hydrogen) atoms. The second kappa shape index (κ2) is 15.3. The van der Waals surface area contributed by atoms with Gasteiger partial charge in [-0.25, -0.2) is 0 Å². The Hall–Kier alpha value is -7.52. The van der Waals surface area contributed by atoms with Crippen LogP contribution in [0, 0.1) is 0 Å². The molecule has 1 nitrogen and oxygen atoms in total. The highest BCUT2D eigenvalue weighted by molar-refractivity contribution is 7.27. The van der Waals surface area contributed by atoms with Crippen molar-refractivity contribution >= 4 is 59.3 Å². The Morgan fingerprint density at radius 2 is 0.767 bits per heavy atom. The van der Waals surface area contributed by atoms with Crippen molar-refractivity contribution in [1.29, 1.82) is 0 Å². The first kappa shape index (κ1) is 35.6. The van der Waals surface area contributed by atoms with Gasteiger partial charge in [-0.1, -0.05) is 200 Å². The summed E-state index contributed by atoms with van der Waals surface area (Å²) in [7, 11) is 0. The number of rotatable bonds is 8. The van der Waals surface area contributed by atoms with Crippen molar-refractivity contribution in [2.75, 3.05) is 4.90 Å². The molecule has 10 aromatic carbocycles. The van der Waals surface area contributed by atoms with Crippen LogP contribution in [0.15, 0.2) is 237 Å². The van der Waals surface area contributed by atoms with Gasteiger partial charge in [-0.15, -0.1) is 11.3 Å². The average Bonchev–Trinajstić information content (AvgIpc) is 3.73. The summed E-state index contributed by atoms with van der Waals surface area (Å²) in [5.41, 5.74) is 15.6. The third-order valence-corrected chi connectivity index (χ3v) is 13.0. The molecule has 0 radical (unpaired) electrons. The Kier molecular flexibility index (Phi) is 9.11. The van der Waals surface area contributed by atoms with Crippen molar-refractivity contribution in [3.05, 3.63) is 237 Å². The molecule has 0 fully saturated rings. The molecule has 1 aromatic heterocycles. The number of anilines is 3. The third-order valence-electron chi connectivity index (χ3n) is 11.7. The van der Waals surface area contributed by atoms with Gasteiger partial charge < -0.3 is 4.90 Å². The second-order valence-corrected chi connectivity index (χ2v) is 16.3. The molecule has 0 bridgehead atoms. The molecule has 0 aliphatic rings. The van der Waals surface area contributed by atoms with Gasteiger partial charge in [-0.05, 0) is 103 Å². The van der Waals surface area contributed by atoms with Gasteiger partial charge >= 0.3 is 0 Å². The lowest BCUT2D eigenvalue weighted by Crippen LogP contribution is -2.10. The quantitative estimate of drug-likeness (QED) is 0.148. The third kappa shape index (κ3) is 6.44. The van der Waals surface area contributed by atoms with Crippen molar-refractivity contribution in [1.82, 2.24) is 0 Å². The van der Waals surface area contributed by atoms with E-state index in [0.717, 1.165) is 17.1 Å². The van der Waals surface area contributed by atoms with Gasteiger partial charge in [0.05, 0.1) is 10.4 Å². The summed E-state index contributed by atoms with van der Waals surface area (Å²) in [5.74, 6) is 0. The van der Waals surface area contributed by atoms with E-state index in [1.54, 1.807) is 0 Å². The number of hydrogen-bond donors (Lipinski definition) is 0. The van der Waals surface area contributed by atoms with E-state index in [0.29, 0.717) is 0 Å². The van der Waals surface area contributed by atoms with Crippen molar-refractivity contribution in [3.63, 3.8) is 0 Å². The first-order chi connectivity index (χ1) is 29.8. The molecule has 0 aliphatic carbocycles. The van der Waals surface area contributed by atoms with Crippen LogP contribution in [-0.4, -0.2) is 0 Å². The van der Waals surface area contributed by atoms with Crippen LogP contribution in [0.1, 0.15) is 0 Å². The van der Waals surface area contributed by atoms with E-state index < -0.39 is 0 Å². The highest BCUT2D eigenvalue weighted by Gasteiger charge is 2.22. The molecule has 0 N–H and O–H groups in total. The number of fused-ring (bicyclic) bond motifs is 4. The predicted molar refractivity (Wildman–Crippen MR) is 259 cm³/mol. The van der Waals surface area contributed by atoms with Crippen molar-refractivity contribution < 1.29 is 0 Å². The fraction of sp³-hybridized carbons (Fsp3) is 0. The Labute approximate surface area is 354 Å². The summed E-state index contributed by atoms with van der Waals surface area (Å²) in [5, 5.41) is 5.05. The SMILES string of the molecule is c1ccc(-c2ccc(N(c3ccc(-c4ccc5cccc(-c6ccccc6)c5c4)cc3)c3cccc4c3sc3c(-c5ccccc5)ccc(-c5ccccc5)c34)cc2)cc1. The van der Waals surface area contributed by atoms with E-state index in [1.807, 2.05) is 11.3 Å². The predicted octanol–water partition coefficient (Wildman–Crippen LogP) is 17.0. The molecule has 0 aliphatic heterocycles. The minimum atomic E-state index is 1.11. The molecule has 2 heteroatoms. The molecular weight excluding hydrogens is 743 g/mol. The molecule has 0 spiro atoms. The lowest BCUT2D eigenvalue weighted by molar-refractivity contribution is 1.30. The standard InChI is InChI=1S/C58H39NS/c1-5-15-40(16-6-1)41-29-33-48(34-30-41)59(49-35-31-42(32-36-49)47-28-27-46-23-13-24-50(54(46)39-47)43-17-7-2-8-18-43)55-26-14-25-53-56-51(44-19-9-3-10-20-44)37-38-52(58(56)60-57(53)55)45-21-11-4-12-22-45/h1-39H. The number of hydrogen-bond acceptors (Lipinski definition) is 2. The van der Waals surface area contributed by atoms with Crippen LogP contribution >= 0.6 is 11.3 Å². The van der Waals surface area contributed by atoms with Crippen molar-refractivity contribution in [2.24, 2.45) is 0 Å². The Morgan fingerprint density at radius 3 is 1.38 bits per heavy atom. The molecule has 0 atom stereocenters. The number of nitrogens with zero attached hydrogens (tertiary/aromatic N) is 1. The Morgan fingerprint density at radius 1 is 0.283 bits per heavy atom. The first-order valence-electron chi connectivity index (χ1n) is 20.5. The summed E-state index contributed by atoms with van der Waals surface area (Å²) in [6.45, 7) is 0. The van der Waals surface area contributed by atoms with Crippen LogP contribution in [-0.2, 0) is 0 Å². The van der Waals surface area contributed by atoms with E-state index >= 15 is 0 Å². The van der Waals surface area contributed by atoms with Crippen LogP contribution in [0.5, 0.6) is 0 Å². The maximum absolute atomic E-state index is 2.44. The summed E-state index contributed by atoms with van der Waals surface area (Å²) < 4.78 is 2.55. The van der Waals surface area contributed by atoms with E-state index in [2.05, 4.69) is 241 Å². The normalized spacial score (nSPS) is 11.3. The van der Waals surface area contributed by atoms with Gasteiger partial charge in [0, 0.05) is 26.8 Å². The molecule has 282 valence electrons. The minimum Gasteiger partial charge on any atom is -0.309 e. The molecule has 11 aromatic rings. The Bertz CT molecular complexity index is 3260. The largest absolute Gasteiger partial charge is 0.309 e. The molecule has 0 saturated carbocycles. The zero-order chi connectivity index (χ0) is 39.8. The van der Waals surface area contributed by atoms with Crippen LogP contribution in [0.4, 0.5) is 17.1 Å². The van der Waals surface area contributed by atoms with E-state index in [-0.39, 0.29) is 0 Å². The minimum absolute atomic E-state index is 1.11. The maximum Gasteiger partial charge on any atom is 0.0640 e. The lowest BCUT2D eigenvalue weighted by Gasteiger charge is -2.26. The van der Waals surface area contributed by atoms with Crippen LogP contribution in [0.2, 0.25) is 0 Å². The van der Waals surface area contributed by atoms with Gasteiger partial charge in [0.15, 0.2) is 0 Å². The van der Waals surface area contributed by atoms with Gasteiger partial charge in [-0.3, -0.25) is 0 Å².